The Morgan fingerprint density at radius 1 is 1.26 bits per heavy atom. The number of amides is 1. The molecule has 0 bridgehead atoms. The van der Waals surface area contributed by atoms with Crippen LogP contribution in [0, 0.1) is 25.2 Å². The number of rotatable bonds is 7. The molecule has 160 valence electrons. The predicted octanol–water partition coefficient (Wildman–Crippen LogP) is 3.32. The molecule has 0 atom stereocenters. The first-order valence-electron chi connectivity index (χ1n) is 9.80. The van der Waals surface area contributed by atoms with E-state index >= 15 is 0 Å². The predicted molar refractivity (Wildman–Crippen MR) is 113 cm³/mol. The van der Waals surface area contributed by atoms with Crippen molar-refractivity contribution in [1.82, 2.24) is 4.57 Å². The molecule has 0 unspecified atom stereocenters. The zero-order valence-electron chi connectivity index (χ0n) is 17.6. The molecule has 0 saturated heterocycles. The molecule has 1 aliphatic carbocycles. The Hall–Kier alpha value is -3.86. The highest BCUT2D eigenvalue weighted by Crippen LogP contribution is 2.38. The lowest BCUT2D eigenvalue weighted by atomic mass is 10.1. The maximum absolute atomic E-state index is 12.3. The lowest BCUT2D eigenvalue weighted by Crippen LogP contribution is -2.22. The van der Waals surface area contributed by atoms with E-state index in [0.717, 1.165) is 29.8 Å². The standard InChI is InChI=1S/C23H23N3O5/c1-14-10-16(15(2)26(14)18-8-9-18)11-17(12-24)22(28)31-13-21(27)25-20-7-5-4-6-19(20)23(29)30-3/h4-7,10-11,18H,8-9,13H2,1-3H3,(H,25,27)/b17-11+. The molecule has 8 heteroatoms. The van der Waals surface area contributed by atoms with Crippen LogP contribution in [-0.4, -0.2) is 36.1 Å². The third kappa shape index (κ3) is 5.01. The molecule has 1 saturated carbocycles. The Bertz CT molecular complexity index is 1100. The van der Waals surface area contributed by atoms with E-state index in [-0.39, 0.29) is 16.8 Å². The molecule has 3 rings (SSSR count). The number of hydrogen-bond donors (Lipinski definition) is 1. The van der Waals surface area contributed by atoms with Crippen LogP contribution in [0.3, 0.4) is 0 Å². The number of methoxy groups -OCH3 is 1. The Kier molecular flexibility index (Phi) is 6.55. The number of aromatic nitrogens is 1. The van der Waals surface area contributed by atoms with E-state index in [1.807, 2.05) is 26.0 Å². The van der Waals surface area contributed by atoms with Gasteiger partial charge < -0.3 is 19.4 Å². The zero-order chi connectivity index (χ0) is 22.5. The highest BCUT2D eigenvalue weighted by atomic mass is 16.5. The van der Waals surface area contributed by atoms with Crippen LogP contribution in [0.2, 0.25) is 0 Å². The minimum absolute atomic E-state index is 0.174. The number of nitriles is 1. The van der Waals surface area contributed by atoms with Crippen molar-refractivity contribution in [3.05, 3.63) is 58.4 Å². The normalized spacial score (nSPS) is 13.3. The average molecular weight is 421 g/mol. The maximum atomic E-state index is 12.3. The summed E-state index contributed by atoms with van der Waals surface area (Å²) in [6, 6.07) is 10.6. The van der Waals surface area contributed by atoms with E-state index in [1.54, 1.807) is 12.1 Å². The smallest absolute Gasteiger partial charge is 0.349 e. The third-order valence-corrected chi connectivity index (χ3v) is 5.02. The monoisotopic (exact) mass is 421 g/mol. The fourth-order valence-corrected chi connectivity index (χ4v) is 3.41. The molecule has 8 nitrogen and oxygen atoms in total. The summed E-state index contributed by atoms with van der Waals surface area (Å²) in [5, 5.41) is 11.9. The van der Waals surface area contributed by atoms with Gasteiger partial charge in [0.05, 0.1) is 18.4 Å². The van der Waals surface area contributed by atoms with Gasteiger partial charge in [-0.25, -0.2) is 9.59 Å². The Labute approximate surface area is 180 Å². The SMILES string of the molecule is COC(=O)c1ccccc1NC(=O)COC(=O)/C(C#N)=C/c1cc(C)n(C2CC2)c1C. The number of nitrogens with zero attached hydrogens (tertiary/aromatic N) is 2. The van der Waals surface area contributed by atoms with Gasteiger partial charge >= 0.3 is 11.9 Å². The summed E-state index contributed by atoms with van der Waals surface area (Å²) in [4.78, 5) is 36.3. The molecule has 31 heavy (non-hydrogen) atoms. The fourth-order valence-electron chi connectivity index (χ4n) is 3.41. The van der Waals surface area contributed by atoms with Crippen LogP contribution >= 0.6 is 0 Å². The first-order chi connectivity index (χ1) is 14.8. The first-order valence-corrected chi connectivity index (χ1v) is 9.80. The minimum Gasteiger partial charge on any atom is -0.465 e. The van der Waals surface area contributed by atoms with Crippen molar-refractivity contribution in [1.29, 1.82) is 5.26 Å². The van der Waals surface area contributed by atoms with Gasteiger partial charge in [0, 0.05) is 17.4 Å². The molecule has 0 spiro atoms. The lowest BCUT2D eigenvalue weighted by molar-refractivity contribution is -0.142. The van der Waals surface area contributed by atoms with E-state index in [1.165, 1.54) is 25.3 Å². The molecule has 1 N–H and O–H groups in total. The highest BCUT2D eigenvalue weighted by Gasteiger charge is 2.27. The van der Waals surface area contributed by atoms with Crippen molar-refractivity contribution in [3.8, 4) is 6.07 Å². The van der Waals surface area contributed by atoms with E-state index in [0.29, 0.717) is 6.04 Å². The molecular weight excluding hydrogens is 398 g/mol. The van der Waals surface area contributed by atoms with Crippen LogP contribution in [-0.2, 0) is 19.1 Å². The largest absolute Gasteiger partial charge is 0.465 e. The molecular formula is C23H23N3O5. The molecule has 0 radical (unpaired) electrons. The Morgan fingerprint density at radius 3 is 2.61 bits per heavy atom. The van der Waals surface area contributed by atoms with Crippen LogP contribution < -0.4 is 5.32 Å². The Morgan fingerprint density at radius 2 is 1.97 bits per heavy atom. The topological polar surface area (TPSA) is 110 Å². The number of hydrogen-bond acceptors (Lipinski definition) is 6. The molecule has 1 aromatic carbocycles. The van der Waals surface area contributed by atoms with E-state index < -0.39 is 24.5 Å². The van der Waals surface area contributed by atoms with Gasteiger partial charge in [0.2, 0.25) is 0 Å². The van der Waals surface area contributed by atoms with E-state index in [4.69, 9.17) is 4.74 Å². The van der Waals surface area contributed by atoms with Crippen molar-refractivity contribution < 1.29 is 23.9 Å². The number of esters is 2. The van der Waals surface area contributed by atoms with Gasteiger partial charge in [0.15, 0.2) is 6.61 Å². The van der Waals surface area contributed by atoms with Gasteiger partial charge in [0.25, 0.3) is 5.91 Å². The van der Waals surface area contributed by atoms with Crippen molar-refractivity contribution >= 4 is 29.6 Å². The summed E-state index contributed by atoms with van der Waals surface area (Å²) in [6.07, 6.45) is 3.73. The lowest BCUT2D eigenvalue weighted by Gasteiger charge is -2.10. The molecule has 1 amide bonds. The van der Waals surface area contributed by atoms with Crippen molar-refractivity contribution in [2.24, 2.45) is 0 Å². The third-order valence-electron chi connectivity index (χ3n) is 5.02. The second-order valence-electron chi connectivity index (χ2n) is 7.26. The van der Waals surface area contributed by atoms with Crippen LogP contribution in [0.15, 0.2) is 35.9 Å². The van der Waals surface area contributed by atoms with E-state index in [2.05, 4.69) is 14.6 Å². The van der Waals surface area contributed by atoms with Crippen molar-refractivity contribution in [2.75, 3.05) is 19.0 Å². The Balaban J connectivity index is 1.65. The van der Waals surface area contributed by atoms with Crippen LogP contribution in [0.4, 0.5) is 5.69 Å². The number of para-hydroxylation sites is 1. The first kappa shape index (κ1) is 21.8. The van der Waals surface area contributed by atoms with Gasteiger partial charge in [-0.2, -0.15) is 5.26 Å². The van der Waals surface area contributed by atoms with Crippen molar-refractivity contribution in [3.63, 3.8) is 0 Å². The molecule has 1 aliphatic rings. The zero-order valence-corrected chi connectivity index (χ0v) is 17.6. The molecule has 1 aromatic heterocycles. The second-order valence-corrected chi connectivity index (χ2v) is 7.26. The minimum atomic E-state index is -0.893. The van der Waals surface area contributed by atoms with Crippen LogP contribution in [0.1, 0.15) is 46.2 Å². The summed E-state index contributed by atoms with van der Waals surface area (Å²) in [5.41, 5.74) is 3.04. The van der Waals surface area contributed by atoms with Crippen molar-refractivity contribution in [2.45, 2.75) is 32.7 Å². The summed E-state index contributed by atoms with van der Waals surface area (Å²) in [6.45, 7) is 3.33. The summed E-state index contributed by atoms with van der Waals surface area (Å²) < 4.78 is 11.9. The molecule has 1 heterocycles. The number of benzene rings is 1. The number of nitrogens with one attached hydrogen (secondary N) is 1. The average Bonchev–Trinajstić information content (AvgIpc) is 3.55. The summed E-state index contributed by atoms with van der Waals surface area (Å²) in [7, 11) is 1.24. The summed E-state index contributed by atoms with van der Waals surface area (Å²) >= 11 is 0. The molecule has 0 aliphatic heterocycles. The summed E-state index contributed by atoms with van der Waals surface area (Å²) in [5.74, 6) is -2.14. The number of ether oxygens (including phenoxy) is 2. The molecule has 2 aromatic rings. The molecule has 1 fully saturated rings. The maximum Gasteiger partial charge on any atom is 0.349 e. The van der Waals surface area contributed by atoms with E-state index in [9.17, 15) is 19.6 Å². The second kappa shape index (κ2) is 9.30. The van der Waals surface area contributed by atoms with Gasteiger partial charge in [0.1, 0.15) is 11.6 Å². The van der Waals surface area contributed by atoms with Gasteiger partial charge in [-0.3, -0.25) is 4.79 Å². The highest BCUT2D eigenvalue weighted by molar-refractivity contribution is 6.03. The van der Waals surface area contributed by atoms with Crippen LogP contribution in [0.5, 0.6) is 0 Å². The fraction of sp³-hybridized carbons (Fsp3) is 0.304. The number of carbonyl (C=O) groups is 3. The quantitative estimate of drug-likeness (QED) is 0.417. The number of anilines is 1. The number of aryl methyl sites for hydroxylation is 1. The number of carbonyl (C=O) groups excluding carboxylic acids is 3. The van der Waals surface area contributed by atoms with Gasteiger partial charge in [-0.15, -0.1) is 0 Å². The van der Waals surface area contributed by atoms with Crippen LogP contribution in [0.25, 0.3) is 6.08 Å². The van der Waals surface area contributed by atoms with Gasteiger partial charge in [-0.05, 0) is 56.5 Å². The van der Waals surface area contributed by atoms with Gasteiger partial charge in [-0.1, -0.05) is 12.1 Å².